The normalized spacial score (nSPS) is 8.83. The van der Waals surface area contributed by atoms with Gasteiger partial charge in [-0.05, 0) is 0 Å². The van der Waals surface area contributed by atoms with E-state index in [9.17, 15) is 4.39 Å². The van der Waals surface area contributed by atoms with Gasteiger partial charge in [0.05, 0.1) is 6.20 Å². The molecule has 31 valence electrons. The Morgan fingerprint density at radius 1 is 1.83 bits per heavy atom. The lowest BCUT2D eigenvalue weighted by molar-refractivity contribution is 0.629. The van der Waals surface area contributed by atoms with Gasteiger partial charge in [0.15, 0.2) is 0 Å². The molecular weight excluding hydrogens is 81.0 g/mol. The molecule has 0 bridgehead atoms. The number of aromatic nitrogens is 1. The van der Waals surface area contributed by atoms with E-state index in [0.717, 1.165) is 0 Å². The molecule has 6 heavy (non-hydrogen) atoms. The molecule has 1 N–H and O–H groups in total. The van der Waals surface area contributed by atoms with Gasteiger partial charge in [0.1, 0.15) is 5.82 Å². The lowest BCUT2D eigenvalue weighted by Gasteiger charge is -1.60. The van der Waals surface area contributed by atoms with Crippen LogP contribution in [0.2, 0.25) is 0 Å². The highest BCUT2D eigenvalue weighted by molar-refractivity contribution is 4.88. The summed E-state index contributed by atoms with van der Waals surface area (Å²) in [5.74, 6) is -0.269. The average Bonchev–Trinajstić information content (AvgIpc) is 1.86. The Morgan fingerprint density at radius 2 is 2.67 bits per heavy atom. The van der Waals surface area contributed by atoms with Crippen LogP contribution in [0.15, 0.2) is 12.3 Å². The second kappa shape index (κ2) is 1.12. The molecule has 0 saturated heterocycles. The monoisotopic (exact) mass is 84.0 g/mol. The lowest BCUT2D eigenvalue weighted by atomic mass is 10.6. The number of hydrogen-bond donors (Lipinski definition) is 1. The third-order valence-electron chi connectivity index (χ3n) is 0.503. The summed E-state index contributed by atoms with van der Waals surface area (Å²) in [6, 6.07) is 1.24. The molecule has 0 aliphatic carbocycles. The first-order valence-electron chi connectivity index (χ1n) is 1.59. The Kier molecular flexibility index (Phi) is 0.638. The Hall–Kier alpha value is -0.790. The largest absolute Gasteiger partial charge is 0.357 e. The minimum Gasteiger partial charge on any atom is -0.357 e. The van der Waals surface area contributed by atoms with Crippen LogP contribution in [-0.2, 0) is 0 Å². The molecule has 1 radical (unpaired) electrons. The van der Waals surface area contributed by atoms with Gasteiger partial charge >= 0.3 is 0 Å². The molecule has 1 aromatic rings. The van der Waals surface area contributed by atoms with E-state index in [4.69, 9.17) is 0 Å². The third kappa shape index (κ3) is 0.407. The molecule has 0 unspecified atom stereocenters. The van der Waals surface area contributed by atoms with E-state index in [2.05, 4.69) is 11.2 Å². The molecule has 1 aromatic heterocycles. The van der Waals surface area contributed by atoms with E-state index >= 15 is 0 Å². The van der Waals surface area contributed by atoms with Crippen LogP contribution in [0, 0.1) is 12.0 Å². The summed E-state index contributed by atoms with van der Waals surface area (Å²) in [5, 5.41) is 0. The van der Waals surface area contributed by atoms with Crippen molar-refractivity contribution in [3.05, 3.63) is 24.3 Å². The predicted molar refractivity (Wildman–Crippen MR) is 19.6 cm³/mol. The van der Waals surface area contributed by atoms with Gasteiger partial charge in [-0.25, -0.2) is 4.39 Å². The highest BCUT2D eigenvalue weighted by Crippen LogP contribution is 1.87. The van der Waals surface area contributed by atoms with E-state index in [0.29, 0.717) is 0 Å². The summed E-state index contributed by atoms with van der Waals surface area (Å²) in [5.41, 5.74) is 0. The average molecular weight is 84.1 g/mol. The molecule has 1 rings (SSSR count). The fraction of sp³-hybridized carbons (Fsp3) is 0. The molecule has 0 aromatic carbocycles. The van der Waals surface area contributed by atoms with Crippen LogP contribution in [0.5, 0.6) is 0 Å². The summed E-state index contributed by atoms with van der Waals surface area (Å²) < 4.78 is 11.6. The highest BCUT2D eigenvalue weighted by Gasteiger charge is 1.79. The van der Waals surface area contributed by atoms with Crippen molar-refractivity contribution in [2.45, 2.75) is 0 Å². The van der Waals surface area contributed by atoms with Crippen molar-refractivity contribution in [1.29, 1.82) is 0 Å². The smallest absolute Gasteiger partial charge is 0.141 e. The minimum absolute atomic E-state index is 0.269. The highest BCUT2D eigenvalue weighted by atomic mass is 19.1. The fourth-order valence-electron chi connectivity index (χ4n) is 0.263. The maximum Gasteiger partial charge on any atom is 0.141 e. The number of aromatic amines is 1. The van der Waals surface area contributed by atoms with Gasteiger partial charge in [0.25, 0.3) is 0 Å². The number of hydrogen-bond acceptors (Lipinski definition) is 0. The van der Waals surface area contributed by atoms with Crippen LogP contribution >= 0.6 is 0 Å². The molecule has 1 heterocycles. The molecule has 0 amide bonds. The van der Waals surface area contributed by atoms with Gasteiger partial charge in [-0.3, -0.25) is 0 Å². The van der Waals surface area contributed by atoms with Crippen LogP contribution in [0.4, 0.5) is 4.39 Å². The summed E-state index contributed by atoms with van der Waals surface area (Å²) in [4.78, 5) is 2.43. The standard InChI is InChI=1S/C4H3FN/c5-4-1-2-6-3-4/h1,3,6H. The molecule has 0 atom stereocenters. The van der Waals surface area contributed by atoms with Gasteiger partial charge in [0, 0.05) is 12.3 Å². The Balaban J connectivity index is 3.05. The molecule has 0 aliphatic rings. The van der Waals surface area contributed by atoms with E-state index in [1.54, 1.807) is 0 Å². The molecule has 2 heteroatoms. The zero-order valence-electron chi connectivity index (χ0n) is 3.03. The van der Waals surface area contributed by atoms with E-state index in [-0.39, 0.29) is 5.82 Å². The zero-order chi connectivity index (χ0) is 4.41. The Labute approximate surface area is 34.8 Å². The number of halogens is 1. The van der Waals surface area contributed by atoms with Crippen molar-refractivity contribution in [3.63, 3.8) is 0 Å². The summed E-state index contributed by atoms with van der Waals surface area (Å²) in [6.07, 6.45) is 3.67. The Morgan fingerprint density at radius 3 is 2.83 bits per heavy atom. The topological polar surface area (TPSA) is 15.8 Å². The summed E-state index contributed by atoms with van der Waals surface area (Å²) in [7, 11) is 0. The van der Waals surface area contributed by atoms with Gasteiger partial charge in [-0.2, -0.15) is 0 Å². The zero-order valence-corrected chi connectivity index (χ0v) is 3.03. The molecule has 0 saturated carbocycles. The SMILES string of the molecule is Fc1c[c][nH]c1. The van der Waals surface area contributed by atoms with E-state index < -0.39 is 0 Å². The molecular formula is C4H3FN. The van der Waals surface area contributed by atoms with Gasteiger partial charge in [-0.1, -0.05) is 0 Å². The first-order valence-corrected chi connectivity index (χ1v) is 1.59. The molecule has 1 nitrogen and oxygen atoms in total. The van der Waals surface area contributed by atoms with Crippen LogP contribution in [-0.4, -0.2) is 4.98 Å². The van der Waals surface area contributed by atoms with Crippen molar-refractivity contribution >= 4 is 0 Å². The molecule has 0 fully saturated rings. The molecule has 0 aliphatic heterocycles. The Bertz CT molecular complexity index is 111. The number of rotatable bonds is 0. The fourth-order valence-corrected chi connectivity index (χ4v) is 0.263. The van der Waals surface area contributed by atoms with Gasteiger partial charge in [-0.15, -0.1) is 0 Å². The lowest BCUT2D eigenvalue weighted by Crippen LogP contribution is -1.51. The minimum atomic E-state index is -0.269. The van der Waals surface area contributed by atoms with Crippen molar-refractivity contribution in [2.24, 2.45) is 0 Å². The molecule has 0 spiro atoms. The van der Waals surface area contributed by atoms with E-state index in [1.807, 2.05) is 0 Å². The predicted octanol–water partition coefficient (Wildman–Crippen LogP) is 0.954. The summed E-state index contributed by atoms with van der Waals surface area (Å²) in [6.45, 7) is 0. The van der Waals surface area contributed by atoms with Gasteiger partial charge < -0.3 is 4.98 Å². The van der Waals surface area contributed by atoms with Crippen molar-refractivity contribution in [2.75, 3.05) is 0 Å². The van der Waals surface area contributed by atoms with Crippen molar-refractivity contribution in [1.82, 2.24) is 4.98 Å². The maximum atomic E-state index is 11.6. The second-order valence-electron chi connectivity index (χ2n) is 0.962. The van der Waals surface area contributed by atoms with Crippen molar-refractivity contribution < 1.29 is 4.39 Å². The first-order chi connectivity index (χ1) is 2.89. The number of H-pyrrole nitrogens is 1. The number of nitrogens with one attached hydrogen (secondary N) is 1. The maximum absolute atomic E-state index is 11.6. The second-order valence-corrected chi connectivity index (χ2v) is 0.962. The first kappa shape index (κ1) is 3.40. The third-order valence-corrected chi connectivity index (χ3v) is 0.503. The van der Waals surface area contributed by atoms with Crippen LogP contribution in [0.25, 0.3) is 0 Å². The van der Waals surface area contributed by atoms with Crippen LogP contribution in [0.3, 0.4) is 0 Å². The van der Waals surface area contributed by atoms with Gasteiger partial charge in [0.2, 0.25) is 0 Å². The van der Waals surface area contributed by atoms with Crippen LogP contribution < -0.4 is 0 Å². The van der Waals surface area contributed by atoms with E-state index in [1.165, 1.54) is 12.3 Å². The van der Waals surface area contributed by atoms with Crippen LogP contribution in [0.1, 0.15) is 0 Å². The quantitative estimate of drug-likeness (QED) is 0.481. The van der Waals surface area contributed by atoms with Crippen molar-refractivity contribution in [3.8, 4) is 0 Å². The summed E-state index contributed by atoms with van der Waals surface area (Å²) >= 11 is 0.